The summed E-state index contributed by atoms with van der Waals surface area (Å²) in [7, 11) is 0. The number of hydrogen-bond donors (Lipinski definition) is 2. The monoisotopic (exact) mass is 340 g/mol. The molecular formula is C18H29FN2O3. The molecule has 1 aromatic rings. The van der Waals surface area contributed by atoms with Gasteiger partial charge in [-0.3, -0.25) is 9.80 Å². The lowest BCUT2D eigenvalue weighted by Gasteiger charge is -2.41. The zero-order valence-corrected chi connectivity index (χ0v) is 14.6. The van der Waals surface area contributed by atoms with E-state index < -0.39 is 6.10 Å². The fourth-order valence-corrected chi connectivity index (χ4v) is 3.12. The van der Waals surface area contributed by atoms with E-state index in [9.17, 15) is 14.6 Å². The minimum atomic E-state index is -0.590. The molecule has 1 saturated heterocycles. The summed E-state index contributed by atoms with van der Waals surface area (Å²) in [5.41, 5.74) is 0.505. The molecule has 2 rings (SSSR count). The number of rotatable bonds is 8. The van der Waals surface area contributed by atoms with E-state index >= 15 is 0 Å². The molecule has 1 aliphatic heterocycles. The molecule has 0 radical (unpaired) electrons. The topological polar surface area (TPSA) is 56.2 Å². The van der Waals surface area contributed by atoms with Crippen LogP contribution in [0, 0.1) is 5.82 Å². The Balaban J connectivity index is 1.68. The van der Waals surface area contributed by atoms with E-state index in [-0.39, 0.29) is 25.1 Å². The second kappa shape index (κ2) is 9.44. The van der Waals surface area contributed by atoms with Gasteiger partial charge in [-0.25, -0.2) is 4.39 Å². The standard InChI is InChI=1S/C18H29FN2O3/c1-14-9-20(7-8-21(14)10-15(2)22)11-17(23)13-24-12-16-5-3-4-6-18(16)19/h3-6,14-15,17,22-23H,7-13H2,1-2H3/t14-,15-,17-/m0/s1. The maximum atomic E-state index is 13.5. The Hall–Kier alpha value is -1.05. The number of benzene rings is 1. The molecule has 1 aliphatic rings. The normalized spacial score (nSPS) is 22.5. The van der Waals surface area contributed by atoms with Crippen LogP contribution < -0.4 is 0 Å². The first-order valence-electron chi connectivity index (χ1n) is 8.59. The Morgan fingerprint density at radius 1 is 1.25 bits per heavy atom. The van der Waals surface area contributed by atoms with Crippen LogP contribution in [-0.2, 0) is 11.3 Å². The van der Waals surface area contributed by atoms with E-state index in [4.69, 9.17) is 4.74 Å². The van der Waals surface area contributed by atoms with Crippen molar-refractivity contribution in [3.63, 3.8) is 0 Å². The predicted molar refractivity (Wildman–Crippen MR) is 91.2 cm³/mol. The van der Waals surface area contributed by atoms with Crippen molar-refractivity contribution in [1.29, 1.82) is 0 Å². The third-order valence-corrected chi connectivity index (χ3v) is 4.34. The lowest BCUT2D eigenvalue weighted by molar-refractivity contribution is -0.0119. The summed E-state index contributed by atoms with van der Waals surface area (Å²) in [6.07, 6.45) is -0.913. The fraction of sp³-hybridized carbons (Fsp3) is 0.667. The number of piperazine rings is 1. The molecule has 24 heavy (non-hydrogen) atoms. The molecule has 2 N–H and O–H groups in total. The molecule has 1 fully saturated rings. The van der Waals surface area contributed by atoms with Crippen molar-refractivity contribution < 1.29 is 19.3 Å². The quantitative estimate of drug-likeness (QED) is 0.742. The first-order valence-corrected chi connectivity index (χ1v) is 8.59. The highest BCUT2D eigenvalue weighted by atomic mass is 19.1. The van der Waals surface area contributed by atoms with Crippen LogP contribution in [0.15, 0.2) is 24.3 Å². The predicted octanol–water partition coefficient (Wildman–Crippen LogP) is 1.09. The number of aliphatic hydroxyl groups excluding tert-OH is 2. The van der Waals surface area contributed by atoms with Crippen LogP contribution in [-0.4, -0.2) is 77.6 Å². The molecule has 0 unspecified atom stereocenters. The summed E-state index contributed by atoms with van der Waals surface area (Å²) in [4.78, 5) is 4.47. The zero-order valence-electron chi connectivity index (χ0n) is 14.6. The van der Waals surface area contributed by atoms with Crippen molar-refractivity contribution in [2.24, 2.45) is 0 Å². The average Bonchev–Trinajstić information content (AvgIpc) is 2.51. The molecular weight excluding hydrogens is 311 g/mol. The molecule has 3 atom stereocenters. The minimum absolute atomic E-state index is 0.169. The Morgan fingerprint density at radius 2 is 2.00 bits per heavy atom. The Kier molecular flexibility index (Phi) is 7.58. The number of hydrogen-bond acceptors (Lipinski definition) is 5. The molecule has 136 valence electrons. The molecule has 0 amide bonds. The fourth-order valence-electron chi connectivity index (χ4n) is 3.12. The SMILES string of the molecule is C[C@H](O)CN1CCN(C[C@H](O)COCc2ccccc2F)C[C@@H]1C. The summed E-state index contributed by atoms with van der Waals surface area (Å²) < 4.78 is 18.9. The molecule has 0 aromatic heterocycles. The van der Waals surface area contributed by atoms with Gasteiger partial charge in [0.2, 0.25) is 0 Å². The van der Waals surface area contributed by atoms with E-state index in [1.165, 1.54) is 6.07 Å². The number of aliphatic hydroxyl groups is 2. The first kappa shape index (κ1) is 19.3. The zero-order chi connectivity index (χ0) is 17.5. The minimum Gasteiger partial charge on any atom is -0.392 e. The van der Waals surface area contributed by atoms with Crippen LogP contribution in [0.25, 0.3) is 0 Å². The first-order chi connectivity index (χ1) is 11.5. The summed E-state index contributed by atoms with van der Waals surface area (Å²) in [6, 6.07) is 6.85. The maximum absolute atomic E-state index is 13.5. The van der Waals surface area contributed by atoms with Crippen molar-refractivity contribution in [3.8, 4) is 0 Å². The van der Waals surface area contributed by atoms with Crippen molar-refractivity contribution in [3.05, 3.63) is 35.6 Å². The molecule has 0 saturated carbocycles. The third kappa shape index (κ3) is 6.11. The van der Waals surface area contributed by atoms with Gasteiger partial charge in [0.1, 0.15) is 5.82 Å². The smallest absolute Gasteiger partial charge is 0.128 e. The van der Waals surface area contributed by atoms with Gasteiger partial charge in [-0.05, 0) is 19.9 Å². The molecule has 1 heterocycles. The van der Waals surface area contributed by atoms with Crippen molar-refractivity contribution in [2.75, 3.05) is 39.3 Å². The molecule has 5 nitrogen and oxygen atoms in total. The lowest BCUT2D eigenvalue weighted by Crippen LogP contribution is -2.54. The van der Waals surface area contributed by atoms with Gasteiger partial charge in [0.25, 0.3) is 0 Å². The van der Waals surface area contributed by atoms with E-state index in [1.807, 2.05) is 0 Å². The molecule has 0 aliphatic carbocycles. The van der Waals surface area contributed by atoms with Gasteiger partial charge < -0.3 is 14.9 Å². The van der Waals surface area contributed by atoms with Crippen LogP contribution >= 0.6 is 0 Å². The van der Waals surface area contributed by atoms with Gasteiger partial charge in [0, 0.05) is 44.3 Å². The van der Waals surface area contributed by atoms with Gasteiger partial charge in [-0.15, -0.1) is 0 Å². The summed E-state index contributed by atoms with van der Waals surface area (Å²) in [6.45, 7) is 8.13. The highest BCUT2D eigenvalue weighted by molar-refractivity contribution is 5.16. The molecule has 0 spiro atoms. The maximum Gasteiger partial charge on any atom is 0.128 e. The third-order valence-electron chi connectivity index (χ3n) is 4.34. The number of nitrogens with zero attached hydrogens (tertiary/aromatic N) is 2. The summed E-state index contributed by atoms with van der Waals surface area (Å²) in [5.74, 6) is -0.282. The number of ether oxygens (including phenoxy) is 1. The van der Waals surface area contributed by atoms with Gasteiger partial charge in [-0.1, -0.05) is 18.2 Å². The largest absolute Gasteiger partial charge is 0.392 e. The average molecular weight is 340 g/mol. The second-order valence-electron chi connectivity index (χ2n) is 6.71. The van der Waals surface area contributed by atoms with Crippen LogP contribution in [0.3, 0.4) is 0 Å². The summed E-state index contributed by atoms with van der Waals surface area (Å²) in [5, 5.41) is 19.6. The van der Waals surface area contributed by atoms with E-state index in [0.29, 0.717) is 24.7 Å². The van der Waals surface area contributed by atoms with Crippen molar-refractivity contribution >= 4 is 0 Å². The molecule has 1 aromatic carbocycles. The molecule has 0 bridgehead atoms. The molecule has 6 heteroatoms. The van der Waals surface area contributed by atoms with Crippen LogP contribution in [0.2, 0.25) is 0 Å². The number of β-amino-alcohol motifs (C(OH)–C–C–N with tert-alkyl or cyclic N) is 2. The van der Waals surface area contributed by atoms with Crippen molar-refractivity contribution in [1.82, 2.24) is 9.80 Å². The van der Waals surface area contributed by atoms with E-state index in [1.54, 1.807) is 25.1 Å². The Bertz CT molecular complexity index is 501. The van der Waals surface area contributed by atoms with Crippen molar-refractivity contribution in [2.45, 2.75) is 38.7 Å². The van der Waals surface area contributed by atoms with Crippen LogP contribution in [0.1, 0.15) is 19.4 Å². The number of halogens is 1. The van der Waals surface area contributed by atoms with Crippen LogP contribution in [0.5, 0.6) is 0 Å². The summed E-state index contributed by atoms with van der Waals surface area (Å²) >= 11 is 0. The van der Waals surface area contributed by atoms with Gasteiger partial charge >= 0.3 is 0 Å². The second-order valence-corrected chi connectivity index (χ2v) is 6.71. The van der Waals surface area contributed by atoms with E-state index in [0.717, 1.165) is 19.6 Å². The van der Waals surface area contributed by atoms with Gasteiger partial charge in [0.05, 0.1) is 25.4 Å². The highest BCUT2D eigenvalue weighted by Crippen LogP contribution is 2.11. The van der Waals surface area contributed by atoms with Crippen LogP contribution in [0.4, 0.5) is 4.39 Å². The Labute approximate surface area is 143 Å². The Morgan fingerprint density at radius 3 is 2.67 bits per heavy atom. The van der Waals surface area contributed by atoms with Gasteiger partial charge in [0.15, 0.2) is 0 Å². The van der Waals surface area contributed by atoms with Gasteiger partial charge in [-0.2, -0.15) is 0 Å². The lowest BCUT2D eigenvalue weighted by atomic mass is 10.1. The van der Waals surface area contributed by atoms with E-state index in [2.05, 4.69) is 16.7 Å². The highest BCUT2D eigenvalue weighted by Gasteiger charge is 2.25.